The molecule has 2 aliphatic rings. The summed E-state index contributed by atoms with van der Waals surface area (Å²) in [6.45, 7) is 1.18. The summed E-state index contributed by atoms with van der Waals surface area (Å²) in [5.74, 6) is -1.48. The minimum absolute atomic E-state index is 0.247. The molecule has 2 rings (SSSR count). The lowest BCUT2D eigenvalue weighted by atomic mass is 10.2. The van der Waals surface area contributed by atoms with Gasteiger partial charge >= 0.3 is 11.9 Å². The van der Waals surface area contributed by atoms with Crippen molar-refractivity contribution in [1.82, 2.24) is 0 Å². The van der Waals surface area contributed by atoms with Crippen LogP contribution >= 0.6 is 0 Å². The zero-order valence-corrected chi connectivity index (χ0v) is 18.4. The van der Waals surface area contributed by atoms with Crippen LogP contribution in [-0.2, 0) is 9.59 Å². The Balaban J connectivity index is 0. The first kappa shape index (κ1) is 30.9. The van der Waals surface area contributed by atoms with E-state index in [1.54, 1.807) is 0 Å². The molecular weight excluding hydrogens is 388 g/mol. The van der Waals surface area contributed by atoms with Gasteiger partial charge in [-0.15, -0.1) is 0 Å². The first-order valence-corrected chi connectivity index (χ1v) is 11.0. The summed E-state index contributed by atoms with van der Waals surface area (Å²) in [4.78, 5) is 19.7. The highest BCUT2D eigenvalue weighted by Gasteiger charge is 2.17. The van der Waals surface area contributed by atoms with Crippen LogP contribution in [0.2, 0.25) is 0 Å². The Morgan fingerprint density at radius 1 is 0.600 bits per heavy atom. The highest BCUT2D eigenvalue weighted by atomic mass is 16.4. The van der Waals surface area contributed by atoms with Crippen molar-refractivity contribution in [3.63, 3.8) is 0 Å². The molecule has 2 aliphatic carbocycles. The number of carboxylic acid groups (broad SMARTS) is 2. The van der Waals surface area contributed by atoms with Gasteiger partial charge in [-0.05, 0) is 77.3 Å². The van der Waals surface area contributed by atoms with E-state index >= 15 is 0 Å². The average Bonchev–Trinajstić information content (AvgIpc) is 3.23. The van der Waals surface area contributed by atoms with Crippen molar-refractivity contribution in [2.45, 2.75) is 101 Å². The highest BCUT2D eigenvalue weighted by molar-refractivity contribution is 5.66. The second-order valence-corrected chi connectivity index (χ2v) is 7.95. The molecule has 0 bridgehead atoms. The topological polar surface area (TPSA) is 231 Å². The van der Waals surface area contributed by atoms with Gasteiger partial charge in [-0.1, -0.05) is 0 Å². The molecule has 0 spiro atoms. The summed E-state index contributed by atoms with van der Waals surface area (Å²) in [7, 11) is 0. The van der Waals surface area contributed by atoms with E-state index in [4.69, 9.17) is 44.6 Å². The molecule has 30 heavy (non-hydrogen) atoms. The summed E-state index contributed by atoms with van der Waals surface area (Å²) in [6.07, 6.45) is 10.1. The second kappa shape index (κ2) is 21.0. The van der Waals surface area contributed by atoms with Crippen molar-refractivity contribution in [3.05, 3.63) is 0 Å². The molecule has 10 nitrogen and oxygen atoms in total. The molecule has 0 aromatic carbocycles. The molecule has 0 unspecified atom stereocenters. The fraction of sp³-hybridized carbons (Fsp3) is 0.900. The average molecular weight is 435 g/mol. The number of aliphatic carboxylic acids is 2. The third kappa shape index (κ3) is 24.7. The van der Waals surface area contributed by atoms with Gasteiger partial charge in [0.05, 0.1) is 0 Å². The molecular formula is C20H46N6O4. The Kier molecular flexibility index (Phi) is 21.6. The molecule has 0 aromatic heterocycles. The molecule has 0 radical (unpaired) electrons. The van der Waals surface area contributed by atoms with Gasteiger partial charge in [-0.3, -0.25) is 9.59 Å². The van der Waals surface area contributed by atoms with Gasteiger partial charge in [0.2, 0.25) is 0 Å². The van der Waals surface area contributed by atoms with E-state index in [1.807, 2.05) is 0 Å². The number of hydrogen-bond donors (Lipinski definition) is 8. The molecule has 0 aliphatic heterocycles. The first-order valence-electron chi connectivity index (χ1n) is 11.0. The van der Waals surface area contributed by atoms with Crippen LogP contribution < -0.4 is 34.4 Å². The van der Waals surface area contributed by atoms with E-state index < -0.39 is 11.9 Å². The van der Waals surface area contributed by atoms with Crippen LogP contribution in [0.4, 0.5) is 0 Å². The fourth-order valence-electron chi connectivity index (χ4n) is 2.95. The third-order valence-electron chi connectivity index (χ3n) is 4.72. The van der Waals surface area contributed by atoms with Crippen molar-refractivity contribution < 1.29 is 19.8 Å². The molecule has 10 heteroatoms. The maximum Gasteiger partial charge on any atom is 0.303 e. The van der Waals surface area contributed by atoms with Gasteiger partial charge in [0.25, 0.3) is 0 Å². The summed E-state index contributed by atoms with van der Waals surface area (Å²) < 4.78 is 0. The molecule has 0 heterocycles. The zero-order chi connectivity index (χ0) is 23.4. The van der Waals surface area contributed by atoms with E-state index in [9.17, 15) is 9.59 Å². The largest absolute Gasteiger partial charge is 0.481 e. The lowest BCUT2D eigenvalue weighted by molar-refractivity contribution is -0.138. The van der Waals surface area contributed by atoms with Crippen molar-refractivity contribution in [2.75, 3.05) is 13.1 Å². The number of nitrogens with two attached hydrogens (primary N) is 6. The molecule has 2 fully saturated rings. The Morgan fingerprint density at radius 3 is 1.00 bits per heavy atom. The number of carboxylic acids is 2. The van der Waals surface area contributed by atoms with Crippen LogP contribution in [0.3, 0.4) is 0 Å². The normalized spacial score (nSPS) is 24.5. The van der Waals surface area contributed by atoms with E-state index in [2.05, 4.69) is 0 Å². The van der Waals surface area contributed by atoms with E-state index in [0.29, 0.717) is 50.1 Å². The van der Waals surface area contributed by atoms with Gasteiger partial charge in [-0.2, -0.15) is 0 Å². The Hall–Kier alpha value is -1.30. The summed E-state index contributed by atoms with van der Waals surface area (Å²) in [6, 6.07) is 1.59. The van der Waals surface area contributed by atoms with Crippen LogP contribution in [0.5, 0.6) is 0 Å². The predicted octanol–water partition coefficient (Wildman–Crippen LogP) is 0.0498. The zero-order valence-electron chi connectivity index (χ0n) is 18.4. The second-order valence-electron chi connectivity index (χ2n) is 7.95. The minimum atomic E-state index is -0.738. The first-order chi connectivity index (χ1) is 14.1. The Labute approximate surface area is 181 Å². The fourth-order valence-corrected chi connectivity index (χ4v) is 2.95. The Morgan fingerprint density at radius 2 is 0.867 bits per heavy atom. The quantitative estimate of drug-likeness (QED) is 0.239. The smallest absolute Gasteiger partial charge is 0.303 e. The van der Waals surface area contributed by atoms with Crippen LogP contribution in [0.1, 0.15) is 77.0 Å². The number of hydrogen-bond acceptors (Lipinski definition) is 8. The monoisotopic (exact) mass is 434 g/mol. The molecule has 0 aromatic rings. The maximum atomic E-state index is 9.83. The molecule has 0 amide bonds. The van der Waals surface area contributed by atoms with E-state index in [1.165, 1.54) is 0 Å². The maximum absolute atomic E-state index is 9.83. The lowest BCUT2D eigenvalue weighted by Gasteiger charge is -1.97. The molecule has 0 saturated heterocycles. The number of unbranched alkanes of at least 4 members (excludes halogenated alkanes) is 2. The van der Waals surface area contributed by atoms with Crippen LogP contribution in [0.25, 0.3) is 0 Å². The van der Waals surface area contributed by atoms with Gasteiger partial charge in [-0.25, -0.2) is 0 Å². The predicted molar refractivity (Wildman–Crippen MR) is 121 cm³/mol. The minimum Gasteiger partial charge on any atom is -0.481 e. The van der Waals surface area contributed by atoms with Crippen molar-refractivity contribution in [1.29, 1.82) is 0 Å². The van der Waals surface area contributed by atoms with E-state index in [0.717, 1.165) is 51.4 Å². The van der Waals surface area contributed by atoms with Crippen molar-refractivity contribution in [2.24, 2.45) is 34.4 Å². The number of rotatable bonds is 8. The lowest BCUT2D eigenvalue weighted by Crippen LogP contribution is -2.20. The van der Waals surface area contributed by atoms with Crippen molar-refractivity contribution >= 4 is 11.9 Å². The molecule has 4 atom stereocenters. The van der Waals surface area contributed by atoms with Gasteiger partial charge in [0.15, 0.2) is 0 Å². The van der Waals surface area contributed by atoms with Gasteiger partial charge < -0.3 is 44.6 Å². The standard InChI is InChI=1S/2C5H12N2.2C5H11NO2/c2*6-4-1-2-5(7)3-4;2*6-4-2-1-3-5(7)8/h2*4-5H,1-3,6-7H2;2*1-4,6H2,(H,7,8)/t2*4-,5+;;. The molecule has 180 valence electrons. The number of carbonyl (C=O) groups is 2. The summed E-state index contributed by atoms with van der Waals surface area (Å²) in [5.41, 5.74) is 32.4. The molecule has 2 saturated carbocycles. The van der Waals surface area contributed by atoms with Crippen LogP contribution in [-0.4, -0.2) is 59.4 Å². The van der Waals surface area contributed by atoms with Gasteiger partial charge in [0, 0.05) is 37.0 Å². The van der Waals surface area contributed by atoms with Crippen molar-refractivity contribution in [3.8, 4) is 0 Å². The Bertz CT molecular complexity index is 374. The third-order valence-corrected chi connectivity index (χ3v) is 4.72. The highest BCUT2D eigenvalue weighted by Crippen LogP contribution is 2.14. The molecule has 14 N–H and O–H groups in total. The van der Waals surface area contributed by atoms with E-state index in [-0.39, 0.29) is 12.8 Å². The summed E-state index contributed by atoms with van der Waals surface area (Å²) in [5, 5.41) is 16.2. The SMILES string of the molecule is NCCCCC(=O)O.NCCCCC(=O)O.N[C@@H]1CC[C@H](N)C1.N[C@@H]1CC[C@H](N)C1. The van der Waals surface area contributed by atoms with Gasteiger partial charge in [0.1, 0.15) is 0 Å². The summed E-state index contributed by atoms with van der Waals surface area (Å²) >= 11 is 0. The van der Waals surface area contributed by atoms with Crippen LogP contribution in [0, 0.1) is 0 Å². The van der Waals surface area contributed by atoms with Crippen LogP contribution in [0.15, 0.2) is 0 Å².